The summed E-state index contributed by atoms with van der Waals surface area (Å²) >= 11 is 5.79. The summed E-state index contributed by atoms with van der Waals surface area (Å²) in [5.41, 5.74) is 0.297. The van der Waals surface area contributed by atoms with E-state index in [4.69, 9.17) is 16.3 Å². The van der Waals surface area contributed by atoms with E-state index in [0.717, 1.165) is 5.56 Å². The molecule has 0 aromatic heterocycles. The highest BCUT2D eigenvalue weighted by molar-refractivity contribution is 6.30. The number of rotatable bonds is 6. The standard InChI is InChI=1S/C19H21ClN2O4/c1-19(2,3)21(12-14-7-5-4-6-8-14)18(23)13-26-17-10-9-15(20)11-16(17)22(24)25/h4-11H,12-13H2,1-3H3. The second-order valence-electron chi connectivity index (χ2n) is 6.79. The molecule has 2 aromatic rings. The van der Waals surface area contributed by atoms with Crippen LogP contribution in [0.3, 0.4) is 0 Å². The molecule has 0 saturated heterocycles. The maximum atomic E-state index is 12.7. The van der Waals surface area contributed by atoms with Gasteiger partial charge in [-0.25, -0.2) is 0 Å². The minimum Gasteiger partial charge on any atom is -0.477 e. The lowest BCUT2D eigenvalue weighted by Crippen LogP contribution is -2.47. The molecule has 0 aliphatic heterocycles. The predicted molar refractivity (Wildman–Crippen MR) is 100 cm³/mol. The number of ether oxygens (including phenoxy) is 1. The van der Waals surface area contributed by atoms with Gasteiger partial charge in [0.25, 0.3) is 5.91 Å². The van der Waals surface area contributed by atoms with Crippen molar-refractivity contribution < 1.29 is 14.5 Å². The number of hydrogen-bond donors (Lipinski definition) is 0. The summed E-state index contributed by atoms with van der Waals surface area (Å²) in [5.74, 6) is -0.244. The maximum absolute atomic E-state index is 12.7. The summed E-state index contributed by atoms with van der Waals surface area (Å²) in [6.45, 7) is 5.91. The first-order valence-electron chi connectivity index (χ1n) is 8.09. The highest BCUT2D eigenvalue weighted by atomic mass is 35.5. The first kappa shape index (κ1) is 19.7. The molecule has 7 heteroatoms. The summed E-state index contributed by atoms with van der Waals surface area (Å²) in [4.78, 5) is 24.9. The summed E-state index contributed by atoms with van der Waals surface area (Å²) in [6.07, 6.45) is 0. The molecule has 0 aliphatic rings. The van der Waals surface area contributed by atoms with Gasteiger partial charge in [0, 0.05) is 23.2 Å². The smallest absolute Gasteiger partial charge is 0.312 e. The first-order chi connectivity index (χ1) is 12.2. The quantitative estimate of drug-likeness (QED) is 0.551. The molecule has 0 spiro atoms. The van der Waals surface area contributed by atoms with Gasteiger partial charge in [-0.15, -0.1) is 0 Å². The molecule has 0 heterocycles. The zero-order valence-corrected chi connectivity index (χ0v) is 15.7. The van der Waals surface area contributed by atoms with Crippen molar-refractivity contribution in [1.29, 1.82) is 0 Å². The number of nitrogens with zero attached hydrogens (tertiary/aromatic N) is 2. The van der Waals surface area contributed by atoms with E-state index in [2.05, 4.69) is 0 Å². The SMILES string of the molecule is CC(C)(C)N(Cc1ccccc1)C(=O)COc1ccc(Cl)cc1[N+](=O)[O-]. The van der Waals surface area contributed by atoms with Crippen LogP contribution in [0.1, 0.15) is 26.3 Å². The van der Waals surface area contributed by atoms with Gasteiger partial charge in [0.1, 0.15) is 0 Å². The maximum Gasteiger partial charge on any atom is 0.312 e. The van der Waals surface area contributed by atoms with Crippen molar-refractivity contribution in [3.63, 3.8) is 0 Å². The Morgan fingerprint density at radius 2 is 1.85 bits per heavy atom. The number of benzene rings is 2. The number of nitro groups is 1. The molecule has 0 unspecified atom stereocenters. The fourth-order valence-corrected chi connectivity index (χ4v) is 2.60. The molecule has 26 heavy (non-hydrogen) atoms. The summed E-state index contributed by atoms with van der Waals surface area (Å²) in [7, 11) is 0. The molecule has 0 N–H and O–H groups in total. The van der Waals surface area contributed by atoms with Crippen molar-refractivity contribution in [1.82, 2.24) is 4.90 Å². The van der Waals surface area contributed by atoms with E-state index in [1.807, 2.05) is 51.1 Å². The molecule has 6 nitrogen and oxygen atoms in total. The van der Waals surface area contributed by atoms with Gasteiger partial charge in [-0.3, -0.25) is 14.9 Å². The minimum absolute atomic E-state index is 0.0151. The van der Waals surface area contributed by atoms with Crippen LogP contribution in [-0.4, -0.2) is 27.9 Å². The molecule has 0 radical (unpaired) electrons. The van der Waals surface area contributed by atoms with Crippen molar-refractivity contribution in [3.05, 3.63) is 69.2 Å². The highest BCUT2D eigenvalue weighted by Gasteiger charge is 2.27. The van der Waals surface area contributed by atoms with E-state index in [0.29, 0.717) is 6.54 Å². The van der Waals surface area contributed by atoms with Crippen molar-refractivity contribution in [2.75, 3.05) is 6.61 Å². The van der Waals surface area contributed by atoms with Crippen molar-refractivity contribution >= 4 is 23.2 Å². The third kappa shape index (κ3) is 5.20. The minimum atomic E-state index is -0.586. The van der Waals surface area contributed by atoms with E-state index in [-0.39, 0.29) is 29.0 Å². The average molecular weight is 377 g/mol. The zero-order chi connectivity index (χ0) is 19.3. The third-order valence-corrected chi connectivity index (χ3v) is 4.00. The summed E-state index contributed by atoms with van der Waals surface area (Å²) < 4.78 is 5.44. The summed E-state index contributed by atoms with van der Waals surface area (Å²) in [5, 5.41) is 11.4. The van der Waals surface area contributed by atoms with E-state index in [9.17, 15) is 14.9 Å². The highest BCUT2D eigenvalue weighted by Crippen LogP contribution is 2.30. The molecular weight excluding hydrogens is 356 g/mol. The van der Waals surface area contributed by atoms with E-state index < -0.39 is 10.5 Å². The molecule has 0 bridgehead atoms. The Bertz CT molecular complexity index is 788. The van der Waals surface area contributed by atoms with Crippen LogP contribution in [0.2, 0.25) is 5.02 Å². The lowest BCUT2D eigenvalue weighted by Gasteiger charge is -2.35. The van der Waals surface area contributed by atoms with Gasteiger partial charge in [-0.1, -0.05) is 41.9 Å². The molecule has 138 valence electrons. The number of halogens is 1. The number of hydrogen-bond acceptors (Lipinski definition) is 4. The zero-order valence-electron chi connectivity index (χ0n) is 14.9. The monoisotopic (exact) mass is 376 g/mol. The number of carbonyl (C=O) groups is 1. The molecule has 0 saturated carbocycles. The fourth-order valence-electron chi connectivity index (χ4n) is 2.44. The predicted octanol–water partition coefficient (Wildman–Crippen LogP) is 4.45. The van der Waals surface area contributed by atoms with Crippen LogP contribution in [-0.2, 0) is 11.3 Å². The second-order valence-corrected chi connectivity index (χ2v) is 7.23. The van der Waals surface area contributed by atoms with E-state index >= 15 is 0 Å². The Hall–Kier alpha value is -2.60. The first-order valence-corrected chi connectivity index (χ1v) is 8.47. The van der Waals surface area contributed by atoms with Gasteiger partial charge in [0.05, 0.1) is 4.92 Å². The Kier molecular flexibility index (Phi) is 6.21. The van der Waals surface area contributed by atoms with Crippen LogP contribution >= 0.6 is 11.6 Å². The van der Waals surface area contributed by atoms with Crippen LogP contribution in [0.4, 0.5) is 5.69 Å². The Morgan fingerprint density at radius 3 is 2.42 bits per heavy atom. The molecule has 2 rings (SSSR count). The largest absolute Gasteiger partial charge is 0.477 e. The third-order valence-electron chi connectivity index (χ3n) is 3.76. The summed E-state index contributed by atoms with van der Waals surface area (Å²) in [6, 6.07) is 13.7. The number of amides is 1. The molecular formula is C19H21ClN2O4. The van der Waals surface area contributed by atoms with Crippen LogP contribution in [0, 0.1) is 10.1 Å². The van der Waals surface area contributed by atoms with E-state index in [1.165, 1.54) is 18.2 Å². The van der Waals surface area contributed by atoms with Gasteiger partial charge in [0.2, 0.25) is 0 Å². The second kappa shape index (κ2) is 8.19. The lowest BCUT2D eigenvalue weighted by molar-refractivity contribution is -0.385. The van der Waals surface area contributed by atoms with Crippen molar-refractivity contribution in [3.8, 4) is 5.75 Å². The fraction of sp³-hybridized carbons (Fsp3) is 0.316. The molecule has 0 fully saturated rings. The molecule has 1 amide bonds. The van der Waals surface area contributed by atoms with Crippen LogP contribution in [0.25, 0.3) is 0 Å². The van der Waals surface area contributed by atoms with E-state index in [1.54, 1.807) is 4.90 Å². The topological polar surface area (TPSA) is 72.7 Å². The Balaban J connectivity index is 2.14. The molecule has 0 aliphatic carbocycles. The Labute approximate surface area is 157 Å². The Morgan fingerprint density at radius 1 is 1.19 bits per heavy atom. The van der Waals surface area contributed by atoms with Gasteiger partial charge in [-0.05, 0) is 38.5 Å². The lowest BCUT2D eigenvalue weighted by atomic mass is 10.0. The van der Waals surface area contributed by atoms with Gasteiger partial charge in [0.15, 0.2) is 12.4 Å². The normalized spacial score (nSPS) is 11.1. The van der Waals surface area contributed by atoms with Gasteiger partial charge < -0.3 is 9.64 Å². The van der Waals surface area contributed by atoms with Crippen molar-refractivity contribution in [2.24, 2.45) is 0 Å². The van der Waals surface area contributed by atoms with Gasteiger partial charge in [-0.2, -0.15) is 0 Å². The average Bonchev–Trinajstić information content (AvgIpc) is 2.58. The molecule has 2 aromatic carbocycles. The molecule has 0 atom stereocenters. The van der Waals surface area contributed by atoms with Crippen molar-refractivity contribution in [2.45, 2.75) is 32.9 Å². The number of carbonyl (C=O) groups excluding carboxylic acids is 1. The number of nitro benzene ring substituents is 1. The van der Waals surface area contributed by atoms with Crippen LogP contribution in [0.15, 0.2) is 48.5 Å². The van der Waals surface area contributed by atoms with Crippen LogP contribution in [0.5, 0.6) is 5.75 Å². The van der Waals surface area contributed by atoms with Gasteiger partial charge >= 0.3 is 5.69 Å². The van der Waals surface area contributed by atoms with Crippen LogP contribution < -0.4 is 4.74 Å².